The van der Waals surface area contributed by atoms with Gasteiger partial charge in [-0.15, -0.1) is 0 Å². The zero-order chi connectivity index (χ0) is 13.6. The molecule has 1 aromatic rings. The fourth-order valence-electron chi connectivity index (χ4n) is 1.40. The van der Waals surface area contributed by atoms with Crippen molar-refractivity contribution in [1.82, 2.24) is 9.29 Å². The molecular weight excluding hydrogens is 250 g/mol. The van der Waals surface area contributed by atoms with E-state index in [4.69, 9.17) is 5.73 Å². The van der Waals surface area contributed by atoms with Gasteiger partial charge in [-0.2, -0.15) is 0 Å². The van der Waals surface area contributed by atoms with Crippen LogP contribution in [-0.2, 0) is 10.0 Å². The SMILES string of the molecule is CCCN(C)S(=O)(=O)c1cncc(C#CCN)c1. The van der Waals surface area contributed by atoms with Crippen molar-refractivity contribution in [3.05, 3.63) is 24.0 Å². The van der Waals surface area contributed by atoms with Crippen molar-refractivity contribution in [3.63, 3.8) is 0 Å². The van der Waals surface area contributed by atoms with E-state index in [1.54, 1.807) is 7.05 Å². The maximum Gasteiger partial charge on any atom is 0.244 e. The molecule has 98 valence electrons. The summed E-state index contributed by atoms with van der Waals surface area (Å²) in [4.78, 5) is 4.05. The minimum atomic E-state index is -3.48. The molecular formula is C12H17N3O2S. The number of pyridine rings is 1. The fraction of sp³-hybridized carbons (Fsp3) is 0.417. The van der Waals surface area contributed by atoms with E-state index < -0.39 is 10.0 Å². The van der Waals surface area contributed by atoms with E-state index in [2.05, 4.69) is 16.8 Å². The van der Waals surface area contributed by atoms with Gasteiger partial charge in [-0.1, -0.05) is 18.8 Å². The predicted molar refractivity (Wildman–Crippen MR) is 70.3 cm³/mol. The Bertz CT molecular complexity index is 558. The number of sulfonamides is 1. The zero-order valence-corrected chi connectivity index (χ0v) is 11.4. The molecule has 5 nitrogen and oxygen atoms in total. The molecule has 0 unspecified atom stereocenters. The standard InChI is InChI=1S/C12H17N3O2S/c1-3-7-15(2)18(16,17)12-8-11(5-4-6-13)9-14-10-12/h8-10H,3,6-7,13H2,1-2H3. The van der Waals surface area contributed by atoms with Crippen molar-refractivity contribution in [1.29, 1.82) is 0 Å². The first-order valence-electron chi connectivity index (χ1n) is 5.62. The van der Waals surface area contributed by atoms with Crippen LogP contribution < -0.4 is 5.73 Å². The Kier molecular flexibility index (Phi) is 5.28. The number of aromatic nitrogens is 1. The minimum Gasteiger partial charge on any atom is -0.320 e. The van der Waals surface area contributed by atoms with Gasteiger partial charge in [0.2, 0.25) is 10.0 Å². The molecule has 0 atom stereocenters. The Morgan fingerprint density at radius 3 is 2.78 bits per heavy atom. The molecule has 0 saturated carbocycles. The summed E-state index contributed by atoms with van der Waals surface area (Å²) in [5.41, 5.74) is 5.82. The summed E-state index contributed by atoms with van der Waals surface area (Å²) >= 11 is 0. The van der Waals surface area contributed by atoms with E-state index in [0.29, 0.717) is 12.1 Å². The molecule has 0 spiro atoms. The van der Waals surface area contributed by atoms with E-state index in [0.717, 1.165) is 6.42 Å². The van der Waals surface area contributed by atoms with E-state index in [9.17, 15) is 8.42 Å². The summed E-state index contributed by atoms with van der Waals surface area (Å²) in [6, 6.07) is 1.51. The van der Waals surface area contributed by atoms with Crippen LogP contribution in [0.15, 0.2) is 23.4 Å². The molecule has 18 heavy (non-hydrogen) atoms. The Morgan fingerprint density at radius 1 is 1.44 bits per heavy atom. The molecule has 0 saturated heterocycles. The van der Waals surface area contributed by atoms with Gasteiger partial charge in [0.05, 0.1) is 6.54 Å². The Balaban J connectivity index is 3.10. The number of hydrogen-bond donors (Lipinski definition) is 1. The summed E-state index contributed by atoms with van der Waals surface area (Å²) < 4.78 is 25.6. The molecule has 0 aliphatic rings. The van der Waals surface area contributed by atoms with Crippen LogP contribution in [-0.4, -0.2) is 37.8 Å². The average molecular weight is 267 g/mol. The van der Waals surface area contributed by atoms with Gasteiger partial charge < -0.3 is 5.73 Å². The Labute approximate surface area is 108 Å². The topological polar surface area (TPSA) is 76.3 Å². The third kappa shape index (κ3) is 3.53. The summed E-state index contributed by atoms with van der Waals surface area (Å²) in [6.07, 6.45) is 3.60. The maximum atomic E-state index is 12.2. The quantitative estimate of drug-likeness (QED) is 0.802. The second kappa shape index (κ2) is 6.50. The number of nitrogens with two attached hydrogens (primary N) is 1. The lowest BCUT2D eigenvalue weighted by atomic mass is 10.3. The van der Waals surface area contributed by atoms with Gasteiger partial charge >= 0.3 is 0 Å². The minimum absolute atomic E-state index is 0.155. The summed E-state index contributed by atoms with van der Waals surface area (Å²) in [7, 11) is -1.92. The maximum absolute atomic E-state index is 12.2. The van der Waals surface area contributed by atoms with E-state index in [1.165, 1.54) is 22.8 Å². The molecule has 0 fully saturated rings. The first-order valence-corrected chi connectivity index (χ1v) is 7.06. The molecule has 0 bridgehead atoms. The Morgan fingerprint density at radius 2 is 2.17 bits per heavy atom. The van der Waals surface area contributed by atoms with Crippen molar-refractivity contribution in [3.8, 4) is 11.8 Å². The smallest absolute Gasteiger partial charge is 0.244 e. The van der Waals surface area contributed by atoms with Gasteiger partial charge in [0.25, 0.3) is 0 Å². The first kappa shape index (κ1) is 14.6. The average Bonchev–Trinajstić information content (AvgIpc) is 2.37. The lowest BCUT2D eigenvalue weighted by molar-refractivity contribution is 0.468. The molecule has 0 aromatic carbocycles. The summed E-state index contributed by atoms with van der Waals surface area (Å²) in [5, 5.41) is 0. The molecule has 0 radical (unpaired) electrons. The van der Waals surface area contributed by atoms with Crippen molar-refractivity contribution in [2.24, 2.45) is 5.73 Å². The van der Waals surface area contributed by atoms with E-state index in [1.807, 2.05) is 6.92 Å². The molecule has 1 heterocycles. The highest BCUT2D eigenvalue weighted by atomic mass is 32.2. The second-order valence-electron chi connectivity index (χ2n) is 3.74. The molecule has 6 heteroatoms. The van der Waals surface area contributed by atoms with Crippen LogP contribution in [0.5, 0.6) is 0 Å². The highest BCUT2D eigenvalue weighted by molar-refractivity contribution is 7.89. The van der Waals surface area contributed by atoms with Crippen molar-refractivity contribution in [2.45, 2.75) is 18.2 Å². The molecule has 0 aliphatic carbocycles. The first-order chi connectivity index (χ1) is 8.52. The zero-order valence-electron chi connectivity index (χ0n) is 10.5. The van der Waals surface area contributed by atoms with Crippen molar-refractivity contribution >= 4 is 10.0 Å². The van der Waals surface area contributed by atoms with Crippen LogP contribution in [0.4, 0.5) is 0 Å². The highest BCUT2D eigenvalue weighted by Gasteiger charge is 2.20. The third-order valence-electron chi connectivity index (χ3n) is 2.29. The van der Waals surface area contributed by atoms with Crippen LogP contribution >= 0.6 is 0 Å². The van der Waals surface area contributed by atoms with Gasteiger partial charge in [0.15, 0.2) is 0 Å². The summed E-state index contributed by atoms with van der Waals surface area (Å²) in [6.45, 7) is 2.63. The molecule has 0 amide bonds. The highest BCUT2D eigenvalue weighted by Crippen LogP contribution is 2.14. The van der Waals surface area contributed by atoms with Gasteiger partial charge in [-0.25, -0.2) is 12.7 Å². The van der Waals surface area contributed by atoms with Crippen LogP contribution in [0.25, 0.3) is 0 Å². The third-order valence-corrected chi connectivity index (χ3v) is 4.12. The van der Waals surface area contributed by atoms with Crippen molar-refractivity contribution in [2.75, 3.05) is 20.1 Å². The van der Waals surface area contributed by atoms with Crippen LogP contribution in [0.1, 0.15) is 18.9 Å². The number of rotatable bonds is 4. The predicted octanol–water partition coefficient (Wildman–Crippen LogP) is 0.422. The molecule has 1 rings (SSSR count). The second-order valence-corrected chi connectivity index (χ2v) is 5.79. The normalized spacial score (nSPS) is 11.1. The molecule has 1 aromatic heterocycles. The molecule has 0 aliphatic heterocycles. The van der Waals surface area contributed by atoms with Crippen LogP contribution in [0, 0.1) is 11.8 Å². The number of hydrogen-bond acceptors (Lipinski definition) is 4. The van der Waals surface area contributed by atoms with Gasteiger partial charge in [0.1, 0.15) is 4.90 Å². The number of nitrogens with zero attached hydrogens (tertiary/aromatic N) is 2. The van der Waals surface area contributed by atoms with E-state index in [-0.39, 0.29) is 11.4 Å². The lowest BCUT2D eigenvalue weighted by Gasteiger charge is -2.15. The van der Waals surface area contributed by atoms with E-state index >= 15 is 0 Å². The van der Waals surface area contributed by atoms with Gasteiger partial charge in [-0.3, -0.25) is 4.98 Å². The van der Waals surface area contributed by atoms with Gasteiger partial charge in [0, 0.05) is 31.5 Å². The lowest BCUT2D eigenvalue weighted by Crippen LogP contribution is -2.27. The van der Waals surface area contributed by atoms with Crippen LogP contribution in [0.2, 0.25) is 0 Å². The molecule has 2 N–H and O–H groups in total. The summed E-state index contributed by atoms with van der Waals surface area (Å²) in [5.74, 6) is 5.43. The van der Waals surface area contributed by atoms with Crippen LogP contribution in [0.3, 0.4) is 0 Å². The Hall–Kier alpha value is -1.42. The fourth-order valence-corrected chi connectivity index (χ4v) is 2.65. The monoisotopic (exact) mass is 267 g/mol. The van der Waals surface area contributed by atoms with Gasteiger partial charge in [-0.05, 0) is 12.5 Å². The largest absolute Gasteiger partial charge is 0.320 e. The van der Waals surface area contributed by atoms with Crippen molar-refractivity contribution < 1.29 is 8.42 Å².